The number of hydrogen-bond donors (Lipinski definition) is 2. The number of benzene rings is 1. The van der Waals surface area contributed by atoms with Crippen molar-refractivity contribution in [2.24, 2.45) is 5.41 Å². The Bertz CT molecular complexity index is 1200. The molecule has 1 saturated heterocycles. The van der Waals surface area contributed by atoms with E-state index in [9.17, 15) is 9.90 Å². The van der Waals surface area contributed by atoms with Gasteiger partial charge in [-0.25, -0.2) is 4.98 Å². The molecule has 2 N–H and O–H groups in total. The highest BCUT2D eigenvalue weighted by Gasteiger charge is 2.53. The number of fused-ring (bicyclic) bond motifs is 3. The molecule has 2 aliphatic carbocycles. The molecule has 5 aliphatic rings. The molecule has 0 bridgehead atoms. The van der Waals surface area contributed by atoms with E-state index in [1.807, 2.05) is 4.90 Å². The predicted molar refractivity (Wildman–Crippen MR) is 143 cm³/mol. The molecule has 7 heteroatoms. The van der Waals surface area contributed by atoms with E-state index in [2.05, 4.69) is 51.6 Å². The smallest absolute Gasteiger partial charge is 0.219 e. The molecule has 2 saturated carbocycles. The molecule has 7 rings (SSSR count). The van der Waals surface area contributed by atoms with Crippen molar-refractivity contribution in [1.82, 2.24) is 19.7 Å². The Morgan fingerprint density at radius 1 is 1.08 bits per heavy atom. The van der Waals surface area contributed by atoms with Gasteiger partial charge < -0.3 is 15.3 Å². The van der Waals surface area contributed by atoms with E-state index in [4.69, 9.17) is 4.98 Å². The standard InChI is InChI=1S/C30H39N5O2/c1-21(36)35-18-29(19-35)11-25(12-29)32-28-10-24-15-34(20-30(7-8-30)27(24)13-31-28)17-26(37)16-33-9-6-22-4-2-3-5-23(22)14-33/h2-5,10,13,25-26,37H,6-9,11-12,14-20H2,1H3,(H,31,32)/t26-/m1/s1. The summed E-state index contributed by atoms with van der Waals surface area (Å²) in [5.74, 6) is 1.18. The number of hydrogen-bond acceptors (Lipinski definition) is 6. The van der Waals surface area contributed by atoms with Gasteiger partial charge >= 0.3 is 0 Å². The van der Waals surface area contributed by atoms with Crippen molar-refractivity contribution in [1.29, 1.82) is 0 Å². The Morgan fingerprint density at radius 2 is 1.81 bits per heavy atom. The Hall–Kier alpha value is -2.48. The lowest BCUT2D eigenvalue weighted by atomic mass is 9.60. The van der Waals surface area contributed by atoms with Crippen LogP contribution in [-0.2, 0) is 29.7 Å². The molecule has 196 valence electrons. The molecule has 1 amide bonds. The maximum Gasteiger partial charge on any atom is 0.219 e. The van der Waals surface area contributed by atoms with E-state index in [0.29, 0.717) is 11.5 Å². The summed E-state index contributed by atoms with van der Waals surface area (Å²) in [4.78, 5) is 23.2. The molecule has 2 spiro atoms. The van der Waals surface area contributed by atoms with Gasteiger partial charge in [0, 0.05) is 82.4 Å². The summed E-state index contributed by atoms with van der Waals surface area (Å²) in [5, 5.41) is 14.7. The summed E-state index contributed by atoms with van der Waals surface area (Å²) in [5.41, 5.74) is 6.25. The van der Waals surface area contributed by atoms with Gasteiger partial charge in [-0.15, -0.1) is 0 Å². The van der Waals surface area contributed by atoms with Gasteiger partial charge in [0.05, 0.1) is 6.10 Å². The molecule has 0 unspecified atom stereocenters. The second kappa shape index (κ2) is 8.79. The van der Waals surface area contributed by atoms with Crippen molar-refractivity contribution < 1.29 is 9.90 Å². The summed E-state index contributed by atoms with van der Waals surface area (Å²) in [6.07, 6.45) is 7.55. The van der Waals surface area contributed by atoms with Crippen LogP contribution in [0, 0.1) is 5.41 Å². The second-order valence-electron chi connectivity index (χ2n) is 12.7. The monoisotopic (exact) mass is 501 g/mol. The molecule has 0 radical (unpaired) electrons. The minimum Gasteiger partial charge on any atom is -0.390 e. The molecular weight excluding hydrogens is 462 g/mol. The average molecular weight is 502 g/mol. The number of aliphatic hydroxyl groups excluding tert-OH is 1. The SMILES string of the molecule is CC(=O)N1CC2(CC(Nc3cc4c(cn3)C3(CC3)CN(C[C@H](O)CN3CCc5ccccc5C3)C4)C2)C1. The lowest BCUT2D eigenvalue weighted by Gasteiger charge is -2.59. The Balaban J connectivity index is 0.959. The highest BCUT2D eigenvalue weighted by molar-refractivity contribution is 5.74. The molecule has 3 aliphatic heterocycles. The van der Waals surface area contributed by atoms with Gasteiger partial charge in [-0.2, -0.15) is 0 Å². The van der Waals surface area contributed by atoms with Crippen molar-refractivity contribution in [3.8, 4) is 0 Å². The lowest BCUT2D eigenvalue weighted by molar-refractivity contribution is -0.147. The zero-order chi connectivity index (χ0) is 25.2. The summed E-state index contributed by atoms with van der Waals surface area (Å²) < 4.78 is 0. The summed E-state index contributed by atoms with van der Waals surface area (Å²) >= 11 is 0. The topological polar surface area (TPSA) is 71.9 Å². The first kappa shape index (κ1) is 23.6. The zero-order valence-corrected chi connectivity index (χ0v) is 22.0. The maximum atomic E-state index is 11.5. The number of nitrogens with zero attached hydrogens (tertiary/aromatic N) is 4. The van der Waals surface area contributed by atoms with Gasteiger partial charge in [0.15, 0.2) is 0 Å². The number of amides is 1. The number of carbonyl (C=O) groups is 1. The Labute approximate surface area is 219 Å². The largest absolute Gasteiger partial charge is 0.390 e. The molecule has 2 aromatic rings. The third-order valence-corrected chi connectivity index (χ3v) is 9.69. The van der Waals surface area contributed by atoms with Crippen LogP contribution in [0.5, 0.6) is 0 Å². The summed E-state index contributed by atoms with van der Waals surface area (Å²) in [6.45, 7) is 8.85. The fourth-order valence-corrected chi connectivity index (χ4v) is 7.61. The highest BCUT2D eigenvalue weighted by atomic mass is 16.3. The molecule has 37 heavy (non-hydrogen) atoms. The third-order valence-electron chi connectivity index (χ3n) is 9.69. The van der Waals surface area contributed by atoms with E-state index in [1.54, 1.807) is 6.92 Å². The van der Waals surface area contributed by atoms with Crippen molar-refractivity contribution in [3.05, 3.63) is 58.8 Å². The van der Waals surface area contributed by atoms with Gasteiger partial charge in [-0.05, 0) is 60.4 Å². The number of aliphatic hydroxyl groups is 1. The lowest BCUT2D eigenvalue weighted by Crippen LogP contribution is -2.65. The van der Waals surface area contributed by atoms with Gasteiger partial charge in [0.2, 0.25) is 5.91 Å². The quantitative estimate of drug-likeness (QED) is 0.634. The van der Waals surface area contributed by atoms with Crippen LogP contribution >= 0.6 is 0 Å². The van der Waals surface area contributed by atoms with Gasteiger partial charge in [-0.1, -0.05) is 24.3 Å². The first-order valence-corrected chi connectivity index (χ1v) is 14.1. The molecule has 3 fully saturated rings. The van der Waals surface area contributed by atoms with E-state index in [-0.39, 0.29) is 17.4 Å². The molecule has 1 aromatic heterocycles. The van der Waals surface area contributed by atoms with Crippen molar-refractivity contribution >= 4 is 11.7 Å². The number of nitrogens with one attached hydrogen (secondary N) is 1. The fourth-order valence-electron chi connectivity index (χ4n) is 7.61. The average Bonchev–Trinajstić information content (AvgIpc) is 3.58. The van der Waals surface area contributed by atoms with Crippen LogP contribution in [0.1, 0.15) is 54.9 Å². The fraction of sp³-hybridized carbons (Fsp3) is 0.600. The van der Waals surface area contributed by atoms with E-state index in [0.717, 1.165) is 77.4 Å². The first-order valence-electron chi connectivity index (χ1n) is 14.1. The zero-order valence-electron chi connectivity index (χ0n) is 22.0. The van der Waals surface area contributed by atoms with Crippen LogP contribution < -0.4 is 5.32 Å². The van der Waals surface area contributed by atoms with Crippen molar-refractivity contribution in [3.63, 3.8) is 0 Å². The number of carbonyl (C=O) groups excluding carboxylic acids is 1. The van der Waals surface area contributed by atoms with Gasteiger partial charge in [-0.3, -0.25) is 14.6 Å². The third kappa shape index (κ3) is 4.45. The molecule has 4 heterocycles. The minimum absolute atomic E-state index is 0.198. The van der Waals surface area contributed by atoms with Crippen molar-refractivity contribution in [2.75, 3.05) is 44.6 Å². The maximum absolute atomic E-state index is 11.5. The van der Waals surface area contributed by atoms with E-state index >= 15 is 0 Å². The summed E-state index contributed by atoms with van der Waals surface area (Å²) in [7, 11) is 0. The van der Waals surface area contributed by atoms with E-state index < -0.39 is 0 Å². The number of anilines is 1. The second-order valence-corrected chi connectivity index (χ2v) is 12.7. The number of pyridine rings is 1. The van der Waals surface area contributed by atoms with E-state index in [1.165, 1.54) is 35.1 Å². The van der Waals surface area contributed by atoms with Crippen LogP contribution in [0.4, 0.5) is 5.82 Å². The molecule has 7 nitrogen and oxygen atoms in total. The molecular formula is C30H39N5O2. The van der Waals surface area contributed by atoms with Crippen LogP contribution in [0.2, 0.25) is 0 Å². The highest BCUT2D eigenvalue weighted by Crippen LogP contribution is 2.53. The number of rotatable bonds is 6. The Morgan fingerprint density at radius 3 is 2.57 bits per heavy atom. The van der Waals surface area contributed by atoms with Gasteiger partial charge in [0.1, 0.15) is 5.82 Å². The molecule has 1 atom stereocenters. The number of β-amino-alcohol motifs (C(OH)–C–C–N with tert-alkyl or cyclic N) is 1. The van der Waals surface area contributed by atoms with Crippen LogP contribution in [0.25, 0.3) is 0 Å². The van der Waals surface area contributed by atoms with Crippen molar-refractivity contribution in [2.45, 2.75) is 69.7 Å². The molecule has 1 aromatic carbocycles. The summed E-state index contributed by atoms with van der Waals surface area (Å²) in [6, 6.07) is 11.4. The number of aromatic nitrogens is 1. The first-order chi connectivity index (χ1) is 17.9. The minimum atomic E-state index is -0.342. The Kier molecular flexibility index (Phi) is 5.61. The predicted octanol–water partition coefficient (Wildman–Crippen LogP) is 2.77. The van der Waals surface area contributed by atoms with Crippen LogP contribution in [0.15, 0.2) is 36.5 Å². The van der Waals surface area contributed by atoms with Gasteiger partial charge in [0.25, 0.3) is 0 Å². The number of likely N-dealkylation sites (tertiary alicyclic amines) is 1. The van der Waals surface area contributed by atoms with Crippen LogP contribution in [0.3, 0.4) is 0 Å². The normalized spacial score (nSPS) is 24.6. The van der Waals surface area contributed by atoms with Crippen LogP contribution in [-0.4, -0.2) is 82.1 Å².